The minimum absolute atomic E-state index is 0.0382. The first-order valence-corrected chi connectivity index (χ1v) is 12.2. The Balaban J connectivity index is 1.59. The van der Waals surface area contributed by atoms with Gasteiger partial charge in [-0.2, -0.15) is 0 Å². The van der Waals surface area contributed by atoms with Gasteiger partial charge in [0.15, 0.2) is 11.0 Å². The summed E-state index contributed by atoms with van der Waals surface area (Å²) in [6.07, 6.45) is 0. The number of hydrogen-bond donors (Lipinski definition) is 1. The molecule has 0 unspecified atom stereocenters. The lowest BCUT2D eigenvalue weighted by Gasteiger charge is -2.21. The van der Waals surface area contributed by atoms with Gasteiger partial charge in [-0.3, -0.25) is 14.3 Å². The lowest BCUT2D eigenvalue weighted by molar-refractivity contribution is -0.115. The molecule has 1 heterocycles. The standard InChI is InChI=1S/C27H28FN5OS/c1-18(32(3)4)25-30-31-27(33(25)22-16-14-21(28)15-17-22)35-19(2)26(34)29-24-13-9-8-12-23(24)20-10-6-5-7-11-20/h5-19H,1-4H3,(H,29,34)/t18-,19+/m0/s1. The van der Waals surface area contributed by atoms with Crippen LogP contribution in [0.15, 0.2) is 84.0 Å². The number of aromatic nitrogens is 3. The second-order valence-corrected chi connectivity index (χ2v) is 9.76. The van der Waals surface area contributed by atoms with E-state index in [1.54, 1.807) is 12.1 Å². The van der Waals surface area contributed by atoms with Crippen molar-refractivity contribution in [3.8, 4) is 16.8 Å². The number of amides is 1. The molecule has 0 fully saturated rings. The summed E-state index contributed by atoms with van der Waals surface area (Å²) >= 11 is 1.31. The molecule has 1 amide bonds. The second-order valence-electron chi connectivity index (χ2n) is 8.45. The van der Waals surface area contributed by atoms with Crippen LogP contribution in [0.3, 0.4) is 0 Å². The number of thioether (sulfide) groups is 1. The van der Waals surface area contributed by atoms with Crippen LogP contribution >= 0.6 is 11.8 Å². The first-order chi connectivity index (χ1) is 16.8. The average Bonchev–Trinajstić information content (AvgIpc) is 3.28. The monoisotopic (exact) mass is 489 g/mol. The Bertz CT molecular complexity index is 1290. The number of anilines is 1. The van der Waals surface area contributed by atoms with Crippen molar-refractivity contribution in [3.63, 3.8) is 0 Å². The number of hydrogen-bond acceptors (Lipinski definition) is 5. The minimum atomic E-state index is -0.454. The molecule has 0 saturated heterocycles. The molecule has 1 aromatic heterocycles. The van der Waals surface area contributed by atoms with Gasteiger partial charge in [0.1, 0.15) is 5.82 Å². The Morgan fingerprint density at radius 2 is 1.60 bits per heavy atom. The van der Waals surface area contributed by atoms with Crippen molar-refractivity contribution in [1.82, 2.24) is 19.7 Å². The quantitative estimate of drug-likeness (QED) is 0.316. The Morgan fingerprint density at radius 3 is 2.29 bits per heavy atom. The SMILES string of the molecule is C[C@@H](Sc1nnc([C@H](C)N(C)C)n1-c1ccc(F)cc1)C(=O)Nc1ccccc1-c1ccccc1. The molecule has 1 N–H and O–H groups in total. The molecule has 0 aliphatic heterocycles. The summed E-state index contributed by atoms with van der Waals surface area (Å²) in [5, 5.41) is 12.0. The van der Waals surface area contributed by atoms with Gasteiger partial charge in [0, 0.05) is 16.9 Å². The van der Waals surface area contributed by atoms with E-state index in [1.807, 2.05) is 92.0 Å². The number of carbonyl (C=O) groups is 1. The molecule has 6 nitrogen and oxygen atoms in total. The minimum Gasteiger partial charge on any atom is -0.325 e. The van der Waals surface area contributed by atoms with Crippen molar-refractivity contribution in [2.24, 2.45) is 0 Å². The predicted molar refractivity (Wildman–Crippen MR) is 139 cm³/mol. The molecule has 0 aliphatic carbocycles. The molecule has 3 aromatic carbocycles. The summed E-state index contributed by atoms with van der Waals surface area (Å²) in [5.41, 5.74) is 3.47. The lowest BCUT2D eigenvalue weighted by Crippen LogP contribution is -2.24. The fourth-order valence-corrected chi connectivity index (χ4v) is 4.47. The smallest absolute Gasteiger partial charge is 0.237 e. The molecule has 35 heavy (non-hydrogen) atoms. The molecule has 0 spiro atoms. The third kappa shape index (κ3) is 5.61. The van der Waals surface area contributed by atoms with Crippen molar-refractivity contribution >= 4 is 23.4 Å². The zero-order valence-electron chi connectivity index (χ0n) is 20.1. The van der Waals surface area contributed by atoms with Crippen LogP contribution in [0.1, 0.15) is 25.7 Å². The maximum absolute atomic E-state index is 13.6. The Morgan fingerprint density at radius 1 is 0.943 bits per heavy atom. The molecule has 0 aliphatic rings. The van der Waals surface area contributed by atoms with Crippen LogP contribution in [-0.2, 0) is 4.79 Å². The van der Waals surface area contributed by atoms with Gasteiger partial charge in [-0.05, 0) is 63.8 Å². The summed E-state index contributed by atoms with van der Waals surface area (Å²) in [4.78, 5) is 15.2. The first-order valence-electron chi connectivity index (χ1n) is 11.3. The number of rotatable bonds is 8. The van der Waals surface area contributed by atoms with Gasteiger partial charge in [0.2, 0.25) is 5.91 Å². The Hall–Kier alpha value is -3.49. The number of nitrogens with one attached hydrogen (secondary N) is 1. The van der Waals surface area contributed by atoms with Crippen molar-refractivity contribution in [1.29, 1.82) is 0 Å². The molecule has 0 radical (unpaired) electrons. The van der Waals surface area contributed by atoms with Crippen molar-refractivity contribution in [2.45, 2.75) is 30.3 Å². The van der Waals surface area contributed by atoms with Crippen LogP contribution < -0.4 is 5.32 Å². The summed E-state index contributed by atoms with van der Waals surface area (Å²) in [7, 11) is 3.92. The van der Waals surface area contributed by atoms with Gasteiger partial charge in [0.05, 0.1) is 11.3 Å². The molecule has 2 atom stereocenters. The predicted octanol–water partition coefficient (Wildman–Crippen LogP) is 5.82. The van der Waals surface area contributed by atoms with Crippen molar-refractivity contribution in [2.75, 3.05) is 19.4 Å². The van der Waals surface area contributed by atoms with E-state index in [0.717, 1.165) is 22.5 Å². The second kappa shape index (κ2) is 10.8. The van der Waals surface area contributed by atoms with E-state index in [9.17, 15) is 9.18 Å². The van der Waals surface area contributed by atoms with Crippen LogP contribution in [0.4, 0.5) is 10.1 Å². The number of nitrogens with zero attached hydrogens (tertiary/aromatic N) is 4. The fourth-order valence-electron chi connectivity index (χ4n) is 3.60. The zero-order chi connectivity index (χ0) is 24.9. The third-order valence-corrected chi connectivity index (χ3v) is 6.86. The largest absolute Gasteiger partial charge is 0.325 e. The Kier molecular flexibility index (Phi) is 7.63. The van der Waals surface area contributed by atoms with Gasteiger partial charge in [0.25, 0.3) is 0 Å². The van der Waals surface area contributed by atoms with E-state index >= 15 is 0 Å². The van der Waals surface area contributed by atoms with E-state index in [4.69, 9.17) is 0 Å². The molecule has 0 saturated carbocycles. The molecular formula is C27H28FN5OS. The van der Waals surface area contributed by atoms with E-state index in [0.29, 0.717) is 11.0 Å². The highest BCUT2D eigenvalue weighted by atomic mass is 32.2. The fraction of sp³-hybridized carbons (Fsp3) is 0.222. The number of halogens is 1. The Labute approximate surface area is 209 Å². The zero-order valence-corrected chi connectivity index (χ0v) is 21.0. The lowest BCUT2D eigenvalue weighted by atomic mass is 10.0. The van der Waals surface area contributed by atoms with Crippen LogP contribution in [0.2, 0.25) is 0 Å². The number of para-hydroxylation sites is 1. The molecule has 0 bridgehead atoms. The summed E-state index contributed by atoms with van der Waals surface area (Å²) in [6.45, 7) is 3.86. The topological polar surface area (TPSA) is 63.1 Å². The third-order valence-electron chi connectivity index (χ3n) is 5.81. The summed E-state index contributed by atoms with van der Waals surface area (Å²) in [6, 6.07) is 23.8. The van der Waals surface area contributed by atoms with Gasteiger partial charge in [-0.25, -0.2) is 4.39 Å². The van der Waals surface area contributed by atoms with E-state index in [1.165, 1.54) is 23.9 Å². The average molecular weight is 490 g/mol. The van der Waals surface area contributed by atoms with E-state index in [-0.39, 0.29) is 17.8 Å². The maximum Gasteiger partial charge on any atom is 0.237 e. The summed E-state index contributed by atoms with van der Waals surface area (Å²) in [5.74, 6) is 0.253. The van der Waals surface area contributed by atoms with Gasteiger partial charge in [-0.1, -0.05) is 60.3 Å². The van der Waals surface area contributed by atoms with Gasteiger partial charge < -0.3 is 5.32 Å². The molecular weight excluding hydrogens is 461 g/mol. The highest BCUT2D eigenvalue weighted by Crippen LogP contribution is 2.31. The number of benzene rings is 3. The van der Waals surface area contributed by atoms with E-state index in [2.05, 4.69) is 15.5 Å². The number of carbonyl (C=O) groups excluding carboxylic acids is 1. The molecule has 180 valence electrons. The van der Waals surface area contributed by atoms with Crippen molar-refractivity contribution in [3.05, 3.63) is 90.5 Å². The van der Waals surface area contributed by atoms with Crippen molar-refractivity contribution < 1.29 is 9.18 Å². The van der Waals surface area contributed by atoms with Crippen LogP contribution in [0.25, 0.3) is 16.8 Å². The van der Waals surface area contributed by atoms with E-state index < -0.39 is 5.25 Å². The highest BCUT2D eigenvalue weighted by Gasteiger charge is 2.25. The van der Waals surface area contributed by atoms with Gasteiger partial charge >= 0.3 is 0 Å². The summed E-state index contributed by atoms with van der Waals surface area (Å²) < 4.78 is 15.5. The highest BCUT2D eigenvalue weighted by molar-refractivity contribution is 8.00. The first kappa shape index (κ1) is 24.6. The van der Waals surface area contributed by atoms with Gasteiger partial charge in [-0.15, -0.1) is 10.2 Å². The maximum atomic E-state index is 13.6. The normalized spacial score (nSPS) is 13.0. The van der Waals surface area contributed by atoms with Crippen LogP contribution in [-0.4, -0.2) is 44.9 Å². The van der Waals surface area contributed by atoms with Crippen LogP contribution in [0, 0.1) is 5.82 Å². The molecule has 8 heteroatoms. The molecule has 4 aromatic rings. The van der Waals surface area contributed by atoms with Crippen LogP contribution in [0.5, 0.6) is 0 Å². The molecule has 4 rings (SSSR count).